The maximum Gasteiger partial charge on any atom is 0.287 e. The van der Waals surface area contributed by atoms with Gasteiger partial charge in [-0.2, -0.15) is 5.10 Å². The van der Waals surface area contributed by atoms with E-state index in [1.165, 1.54) is 17.0 Å². The fraction of sp³-hybridized carbons (Fsp3) is 0.238. The Morgan fingerprint density at radius 2 is 1.94 bits per heavy atom. The Morgan fingerprint density at radius 1 is 1.12 bits per heavy atom. The van der Waals surface area contributed by atoms with E-state index in [0.29, 0.717) is 17.0 Å². The quantitative estimate of drug-likeness (QED) is 0.385. The third-order valence-corrected chi connectivity index (χ3v) is 4.72. The third-order valence-electron chi connectivity index (χ3n) is 4.72. The number of aromatic nitrogens is 5. The monoisotopic (exact) mass is 462 g/mol. The van der Waals surface area contributed by atoms with E-state index < -0.39 is 36.5 Å². The van der Waals surface area contributed by atoms with Gasteiger partial charge in [0.15, 0.2) is 17.5 Å². The molecule has 0 aliphatic rings. The van der Waals surface area contributed by atoms with Gasteiger partial charge in [-0.15, -0.1) is 0 Å². The summed E-state index contributed by atoms with van der Waals surface area (Å²) in [5.41, 5.74) is 2.28. The number of aliphatic hydroxyl groups is 1. The van der Waals surface area contributed by atoms with Crippen molar-refractivity contribution >= 4 is 5.82 Å². The Labute approximate surface area is 184 Å². The van der Waals surface area contributed by atoms with Crippen molar-refractivity contribution in [1.82, 2.24) is 24.9 Å². The van der Waals surface area contributed by atoms with Gasteiger partial charge in [-0.05, 0) is 19.1 Å². The smallest absolute Gasteiger partial charge is 0.287 e. The number of anilines is 1. The van der Waals surface area contributed by atoms with E-state index in [0.717, 1.165) is 11.8 Å². The highest BCUT2D eigenvalue weighted by atomic mass is 19.3. The van der Waals surface area contributed by atoms with Crippen LogP contribution < -0.4 is 5.32 Å². The maximum absolute atomic E-state index is 14.3. The van der Waals surface area contributed by atoms with Crippen LogP contribution in [0.25, 0.3) is 22.9 Å². The number of nitrogens with zero attached hydrogens (tertiary/aromatic N) is 5. The van der Waals surface area contributed by atoms with Gasteiger partial charge in [0.05, 0.1) is 25.0 Å². The second-order valence-corrected chi connectivity index (χ2v) is 7.31. The Kier molecular flexibility index (Phi) is 6.09. The molecule has 0 radical (unpaired) electrons. The molecule has 0 unspecified atom stereocenters. The minimum Gasteiger partial charge on any atom is -0.390 e. The first-order chi connectivity index (χ1) is 15.8. The van der Waals surface area contributed by atoms with Crippen LogP contribution >= 0.6 is 0 Å². The molecule has 0 bridgehead atoms. The summed E-state index contributed by atoms with van der Waals surface area (Å²) in [6, 6.07) is 7.81. The topological polar surface area (TPSA) is 102 Å². The average Bonchev–Trinajstić information content (AvgIpc) is 3.46. The van der Waals surface area contributed by atoms with Crippen LogP contribution in [0.4, 0.5) is 23.4 Å². The second kappa shape index (κ2) is 8.98. The number of benzene rings is 1. The molecule has 3 heterocycles. The van der Waals surface area contributed by atoms with Gasteiger partial charge in [0, 0.05) is 11.6 Å². The van der Waals surface area contributed by atoms with E-state index in [4.69, 9.17) is 9.63 Å². The summed E-state index contributed by atoms with van der Waals surface area (Å²) in [6.45, 7) is -0.551. The van der Waals surface area contributed by atoms with Crippen molar-refractivity contribution in [3.05, 3.63) is 65.6 Å². The first-order valence-corrected chi connectivity index (χ1v) is 9.75. The van der Waals surface area contributed by atoms with Crippen molar-refractivity contribution in [3.63, 3.8) is 0 Å². The lowest BCUT2D eigenvalue weighted by atomic mass is 10.1. The Hall–Kier alpha value is -3.80. The van der Waals surface area contributed by atoms with E-state index in [9.17, 15) is 17.6 Å². The normalized spacial score (nSPS) is 11.7. The lowest BCUT2D eigenvalue weighted by Crippen LogP contribution is -2.31. The van der Waals surface area contributed by atoms with E-state index in [2.05, 4.69) is 25.5 Å². The summed E-state index contributed by atoms with van der Waals surface area (Å²) >= 11 is 0. The zero-order chi connectivity index (χ0) is 23.6. The number of aryl methyl sites for hydroxylation is 1. The largest absolute Gasteiger partial charge is 0.390 e. The van der Waals surface area contributed by atoms with Crippen LogP contribution in [0.3, 0.4) is 0 Å². The van der Waals surface area contributed by atoms with Crippen LogP contribution in [0.2, 0.25) is 0 Å². The predicted octanol–water partition coefficient (Wildman–Crippen LogP) is 3.67. The molecule has 1 aromatic carbocycles. The van der Waals surface area contributed by atoms with E-state index in [-0.39, 0.29) is 18.1 Å². The molecule has 8 nitrogen and oxygen atoms in total. The number of hydrogen-bond donors (Lipinski definition) is 2. The molecule has 0 atom stereocenters. The summed E-state index contributed by atoms with van der Waals surface area (Å²) in [5.74, 6) is -5.37. The van der Waals surface area contributed by atoms with Crippen LogP contribution in [-0.2, 0) is 6.54 Å². The predicted molar refractivity (Wildman–Crippen MR) is 109 cm³/mol. The Balaban J connectivity index is 1.71. The van der Waals surface area contributed by atoms with Gasteiger partial charge in [-0.25, -0.2) is 27.5 Å². The summed E-state index contributed by atoms with van der Waals surface area (Å²) < 4.78 is 61.4. The number of nitrogens with one attached hydrogen (secondary N) is 1. The van der Waals surface area contributed by atoms with Gasteiger partial charge in [-0.1, -0.05) is 22.9 Å². The number of hydrogen-bond acceptors (Lipinski definition) is 7. The molecule has 172 valence electrons. The summed E-state index contributed by atoms with van der Waals surface area (Å²) in [4.78, 5) is 7.84. The molecule has 4 rings (SSSR count). The molecular formula is C21H18F4N6O2. The molecular weight excluding hydrogens is 444 g/mol. The summed E-state index contributed by atoms with van der Waals surface area (Å²) in [6.07, 6.45) is 2.17. The van der Waals surface area contributed by atoms with Gasteiger partial charge in [0.2, 0.25) is 0 Å². The van der Waals surface area contributed by atoms with Gasteiger partial charge in [0.1, 0.15) is 30.1 Å². The third kappa shape index (κ3) is 5.00. The van der Waals surface area contributed by atoms with Crippen LogP contribution in [0, 0.1) is 18.6 Å². The molecule has 0 aliphatic carbocycles. The second-order valence-electron chi connectivity index (χ2n) is 7.31. The molecule has 12 heteroatoms. The lowest BCUT2D eigenvalue weighted by Gasteiger charge is -2.14. The van der Waals surface area contributed by atoms with Crippen LogP contribution in [0.1, 0.15) is 11.1 Å². The molecule has 2 N–H and O–H groups in total. The molecule has 0 saturated carbocycles. The van der Waals surface area contributed by atoms with Crippen molar-refractivity contribution in [3.8, 4) is 22.9 Å². The number of alkyl halides is 2. The summed E-state index contributed by atoms with van der Waals surface area (Å²) in [7, 11) is 0. The molecule has 0 spiro atoms. The minimum atomic E-state index is -3.46. The highest BCUT2D eigenvalue weighted by molar-refractivity contribution is 5.63. The van der Waals surface area contributed by atoms with E-state index in [1.807, 2.05) is 6.92 Å². The fourth-order valence-electron chi connectivity index (χ4n) is 3.07. The zero-order valence-corrected chi connectivity index (χ0v) is 17.3. The molecule has 33 heavy (non-hydrogen) atoms. The van der Waals surface area contributed by atoms with E-state index >= 15 is 0 Å². The Morgan fingerprint density at radius 3 is 2.67 bits per heavy atom. The maximum atomic E-state index is 14.3. The standard InChI is InChI=1S/C21H18F4N6O2/c1-12-2-3-14(22)13(6-12)9-31-18(16-4-5-33-30-16)7-17(29-31)20-26-8-15(23)19(28-20)27-10-21(24,25)11-32/h2-8,32H,9-11H2,1H3,(H,26,27,28). The van der Waals surface area contributed by atoms with Crippen molar-refractivity contribution in [2.24, 2.45) is 0 Å². The first kappa shape index (κ1) is 22.4. The molecule has 0 aliphatic heterocycles. The first-order valence-electron chi connectivity index (χ1n) is 9.75. The molecule has 0 fully saturated rings. The van der Waals surface area contributed by atoms with Crippen LogP contribution in [0.5, 0.6) is 0 Å². The molecule has 0 saturated heterocycles. The number of rotatable bonds is 8. The van der Waals surface area contributed by atoms with Gasteiger partial charge < -0.3 is 14.9 Å². The number of halogens is 4. The van der Waals surface area contributed by atoms with Crippen molar-refractivity contribution in [2.75, 3.05) is 18.5 Å². The van der Waals surface area contributed by atoms with Crippen molar-refractivity contribution < 1.29 is 27.2 Å². The minimum absolute atomic E-state index is 0.0464. The van der Waals surface area contributed by atoms with Crippen molar-refractivity contribution in [1.29, 1.82) is 0 Å². The molecule has 3 aromatic heterocycles. The SMILES string of the molecule is Cc1ccc(F)c(Cn2nc(-c3ncc(F)c(NCC(F)(F)CO)n3)cc2-c2ccon2)c1. The lowest BCUT2D eigenvalue weighted by molar-refractivity contribution is -0.0373. The van der Waals surface area contributed by atoms with Crippen LogP contribution in [-0.4, -0.2) is 49.1 Å². The van der Waals surface area contributed by atoms with Crippen LogP contribution in [0.15, 0.2) is 47.3 Å². The van der Waals surface area contributed by atoms with Gasteiger partial charge >= 0.3 is 0 Å². The zero-order valence-electron chi connectivity index (χ0n) is 17.3. The highest BCUT2D eigenvalue weighted by Gasteiger charge is 2.28. The van der Waals surface area contributed by atoms with Crippen molar-refractivity contribution in [2.45, 2.75) is 19.4 Å². The number of aliphatic hydroxyl groups excluding tert-OH is 1. The van der Waals surface area contributed by atoms with Gasteiger partial charge in [0.25, 0.3) is 5.92 Å². The van der Waals surface area contributed by atoms with E-state index in [1.54, 1.807) is 24.3 Å². The Bertz CT molecular complexity index is 1260. The van der Waals surface area contributed by atoms with Gasteiger partial charge in [-0.3, -0.25) is 4.68 Å². The average molecular weight is 462 g/mol. The molecule has 4 aromatic rings. The fourth-order valence-corrected chi connectivity index (χ4v) is 3.07. The highest BCUT2D eigenvalue weighted by Crippen LogP contribution is 2.26. The summed E-state index contributed by atoms with van der Waals surface area (Å²) in [5, 5.41) is 19.1. The molecule has 0 amide bonds.